The molecule has 0 aromatic heterocycles. The Balaban J connectivity index is 2.26. The van der Waals surface area contributed by atoms with Crippen LogP contribution in [-0.4, -0.2) is 5.84 Å². The van der Waals surface area contributed by atoms with Crippen LogP contribution in [0.3, 0.4) is 0 Å². The van der Waals surface area contributed by atoms with Crippen LogP contribution in [0.5, 0.6) is 11.5 Å². The van der Waals surface area contributed by atoms with Gasteiger partial charge in [-0.05, 0) is 49.2 Å². The Labute approximate surface area is 117 Å². The zero-order valence-electron chi connectivity index (χ0n) is 10.8. The van der Waals surface area contributed by atoms with Crippen molar-refractivity contribution in [2.45, 2.75) is 13.8 Å². The number of hydrogen-bond acceptors (Lipinski definition) is 2. The number of nitrogens with two attached hydrogens (primary N) is 1. The number of rotatable bonds is 3. The van der Waals surface area contributed by atoms with Crippen LogP contribution >= 0.6 is 11.6 Å². The van der Waals surface area contributed by atoms with Gasteiger partial charge in [0.1, 0.15) is 17.3 Å². The topological polar surface area (TPSA) is 59.1 Å². The molecule has 0 amide bonds. The van der Waals surface area contributed by atoms with Crippen molar-refractivity contribution in [1.29, 1.82) is 5.41 Å². The minimum atomic E-state index is -0.0530. The summed E-state index contributed by atoms with van der Waals surface area (Å²) in [6.07, 6.45) is 0. The van der Waals surface area contributed by atoms with Crippen molar-refractivity contribution in [2.75, 3.05) is 0 Å². The highest BCUT2D eigenvalue weighted by Crippen LogP contribution is 2.27. The lowest BCUT2D eigenvalue weighted by Crippen LogP contribution is -2.11. The Morgan fingerprint density at radius 2 is 1.68 bits per heavy atom. The van der Waals surface area contributed by atoms with Crippen molar-refractivity contribution in [1.82, 2.24) is 0 Å². The van der Waals surface area contributed by atoms with Gasteiger partial charge in [0.25, 0.3) is 0 Å². The molecule has 2 rings (SSSR count). The van der Waals surface area contributed by atoms with Crippen LogP contribution in [0.4, 0.5) is 0 Å². The fraction of sp³-hybridized carbons (Fsp3) is 0.133. The van der Waals surface area contributed by atoms with Gasteiger partial charge < -0.3 is 10.5 Å². The maximum absolute atomic E-state index is 7.37. The summed E-state index contributed by atoms with van der Waals surface area (Å²) < 4.78 is 5.73. The molecule has 0 heterocycles. The smallest absolute Gasteiger partial charge is 0.128 e. The van der Waals surface area contributed by atoms with Gasteiger partial charge in [-0.15, -0.1) is 0 Å². The summed E-state index contributed by atoms with van der Waals surface area (Å²) in [5, 5.41) is 7.78. The van der Waals surface area contributed by atoms with E-state index in [0.717, 1.165) is 5.75 Å². The largest absolute Gasteiger partial charge is 0.457 e. The van der Waals surface area contributed by atoms with Gasteiger partial charge in [-0.2, -0.15) is 0 Å². The second-order valence-electron chi connectivity index (χ2n) is 4.40. The summed E-state index contributed by atoms with van der Waals surface area (Å²) in [6, 6.07) is 11.0. The van der Waals surface area contributed by atoms with Gasteiger partial charge in [0.2, 0.25) is 0 Å². The minimum absolute atomic E-state index is 0.0530. The zero-order valence-corrected chi connectivity index (χ0v) is 11.6. The molecule has 2 aromatic carbocycles. The number of ether oxygens (including phenoxy) is 1. The first-order chi connectivity index (χ1) is 8.97. The van der Waals surface area contributed by atoms with Gasteiger partial charge in [-0.3, -0.25) is 5.41 Å². The summed E-state index contributed by atoms with van der Waals surface area (Å²) >= 11 is 6.05. The standard InChI is InChI=1S/C15H15ClN2O/c1-9-3-4-11(7-10(9)2)19-12-5-6-13(15(17)18)14(16)8-12/h3-8H,1-2H3,(H3,17,18). The molecule has 19 heavy (non-hydrogen) atoms. The van der Waals surface area contributed by atoms with Gasteiger partial charge in [0.15, 0.2) is 0 Å². The van der Waals surface area contributed by atoms with E-state index in [9.17, 15) is 0 Å². The molecular formula is C15H15ClN2O. The molecule has 4 heteroatoms. The Morgan fingerprint density at radius 3 is 2.26 bits per heavy atom. The minimum Gasteiger partial charge on any atom is -0.457 e. The summed E-state index contributed by atoms with van der Waals surface area (Å²) in [7, 11) is 0. The van der Waals surface area contributed by atoms with E-state index in [-0.39, 0.29) is 5.84 Å². The van der Waals surface area contributed by atoms with Crippen LogP contribution in [0.25, 0.3) is 0 Å². The number of nitrogens with one attached hydrogen (secondary N) is 1. The van der Waals surface area contributed by atoms with Gasteiger partial charge in [-0.1, -0.05) is 17.7 Å². The summed E-state index contributed by atoms with van der Waals surface area (Å²) in [4.78, 5) is 0. The molecule has 0 fully saturated rings. The summed E-state index contributed by atoms with van der Waals surface area (Å²) in [6.45, 7) is 4.09. The maximum Gasteiger partial charge on any atom is 0.128 e. The highest BCUT2D eigenvalue weighted by molar-refractivity contribution is 6.34. The van der Waals surface area contributed by atoms with Crippen LogP contribution in [0.15, 0.2) is 36.4 Å². The summed E-state index contributed by atoms with van der Waals surface area (Å²) in [5.41, 5.74) is 8.31. The third kappa shape index (κ3) is 3.06. The van der Waals surface area contributed by atoms with Gasteiger partial charge in [0.05, 0.1) is 5.02 Å². The number of benzene rings is 2. The molecule has 0 saturated heterocycles. The molecule has 3 N–H and O–H groups in total. The van der Waals surface area contributed by atoms with Crippen LogP contribution in [0.1, 0.15) is 16.7 Å². The van der Waals surface area contributed by atoms with E-state index in [4.69, 9.17) is 27.5 Å². The third-order valence-electron chi connectivity index (χ3n) is 2.94. The van der Waals surface area contributed by atoms with Gasteiger partial charge >= 0.3 is 0 Å². The van der Waals surface area contributed by atoms with Crippen molar-refractivity contribution in [2.24, 2.45) is 5.73 Å². The lowest BCUT2D eigenvalue weighted by molar-refractivity contribution is 0.482. The van der Waals surface area contributed by atoms with Crippen molar-refractivity contribution in [3.8, 4) is 11.5 Å². The molecule has 0 unspecified atom stereocenters. The Morgan fingerprint density at radius 1 is 1.05 bits per heavy atom. The molecule has 98 valence electrons. The molecule has 0 bridgehead atoms. The first-order valence-electron chi connectivity index (χ1n) is 5.86. The van der Waals surface area contributed by atoms with Gasteiger partial charge in [-0.25, -0.2) is 0 Å². The van der Waals surface area contributed by atoms with E-state index in [2.05, 4.69) is 6.92 Å². The second kappa shape index (κ2) is 5.33. The lowest BCUT2D eigenvalue weighted by atomic mass is 10.1. The molecule has 0 spiro atoms. The summed E-state index contributed by atoms with van der Waals surface area (Å²) in [5.74, 6) is 1.33. The SMILES string of the molecule is Cc1ccc(Oc2ccc(C(=N)N)c(Cl)c2)cc1C. The number of hydrogen-bond donors (Lipinski definition) is 2. The second-order valence-corrected chi connectivity index (χ2v) is 4.81. The van der Waals surface area contributed by atoms with Gasteiger partial charge in [0, 0.05) is 11.6 Å². The van der Waals surface area contributed by atoms with Crippen molar-refractivity contribution < 1.29 is 4.74 Å². The van der Waals surface area contributed by atoms with E-state index >= 15 is 0 Å². The van der Waals surface area contributed by atoms with Crippen molar-refractivity contribution in [3.05, 3.63) is 58.1 Å². The van der Waals surface area contributed by atoms with E-state index in [1.807, 2.05) is 25.1 Å². The highest BCUT2D eigenvalue weighted by atomic mass is 35.5. The van der Waals surface area contributed by atoms with E-state index in [0.29, 0.717) is 16.3 Å². The van der Waals surface area contributed by atoms with Crippen molar-refractivity contribution >= 4 is 17.4 Å². The average molecular weight is 275 g/mol. The first kappa shape index (κ1) is 13.4. The molecule has 0 aliphatic carbocycles. The van der Waals surface area contributed by atoms with Crippen LogP contribution in [-0.2, 0) is 0 Å². The van der Waals surface area contributed by atoms with Crippen molar-refractivity contribution in [3.63, 3.8) is 0 Å². The lowest BCUT2D eigenvalue weighted by Gasteiger charge is -2.09. The molecule has 2 aromatic rings. The number of nitrogen functional groups attached to an aromatic ring is 1. The maximum atomic E-state index is 7.37. The molecule has 0 aliphatic rings. The highest BCUT2D eigenvalue weighted by Gasteiger charge is 2.06. The fourth-order valence-electron chi connectivity index (χ4n) is 1.69. The van der Waals surface area contributed by atoms with E-state index in [1.54, 1.807) is 18.2 Å². The first-order valence-corrected chi connectivity index (χ1v) is 6.24. The average Bonchev–Trinajstić information content (AvgIpc) is 2.33. The molecular weight excluding hydrogens is 260 g/mol. The molecule has 0 radical (unpaired) electrons. The number of aryl methyl sites for hydroxylation is 2. The van der Waals surface area contributed by atoms with E-state index in [1.165, 1.54) is 11.1 Å². The van der Waals surface area contributed by atoms with Crippen LogP contribution in [0.2, 0.25) is 5.02 Å². The van der Waals surface area contributed by atoms with Crippen LogP contribution < -0.4 is 10.5 Å². The van der Waals surface area contributed by atoms with E-state index < -0.39 is 0 Å². The molecule has 0 atom stereocenters. The predicted octanol–water partition coefficient (Wildman–Crippen LogP) is 4.03. The predicted molar refractivity (Wildman–Crippen MR) is 78.5 cm³/mol. The third-order valence-corrected chi connectivity index (χ3v) is 3.26. The Hall–Kier alpha value is -2.00. The number of amidine groups is 1. The molecule has 0 saturated carbocycles. The Bertz CT molecular complexity index is 638. The van der Waals surface area contributed by atoms with Crippen LogP contribution in [0, 0.1) is 19.3 Å². The number of halogens is 1. The Kier molecular flexibility index (Phi) is 3.76. The normalized spacial score (nSPS) is 10.3. The fourth-order valence-corrected chi connectivity index (χ4v) is 1.96. The molecule has 0 aliphatic heterocycles. The quantitative estimate of drug-likeness (QED) is 0.656. The zero-order chi connectivity index (χ0) is 14.0. The monoisotopic (exact) mass is 274 g/mol. The molecule has 3 nitrogen and oxygen atoms in total.